The fourth-order valence-electron chi connectivity index (χ4n) is 3.84. The van der Waals surface area contributed by atoms with Gasteiger partial charge in [0.15, 0.2) is 0 Å². The fourth-order valence-corrected chi connectivity index (χ4v) is 3.84. The molecule has 0 N–H and O–H groups in total. The third-order valence-corrected chi connectivity index (χ3v) is 4.77. The highest BCUT2D eigenvalue weighted by Gasteiger charge is 2.14. The molecule has 0 saturated heterocycles. The Morgan fingerprint density at radius 1 is 0.760 bits per heavy atom. The van der Waals surface area contributed by atoms with E-state index in [-0.39, 0.29) is 17.0 Å². The highest BCUT2D eigenvalue weighted by Crippen LogP contribution is 2.21. The molecule has 0 radical (unpaired) electrons. The first-order chi connectivity index (χ1) is 11.3. The van der Waals surface area contributed by atoms with Crippen molar-refractivity contribution in [3.8, 4) is 5.69 Å². The van der Waals surface area contributed by atoms with Crippen molar-refractivity contribution in [2.24, 2.45) is 0 Å². The predicted octanol–water partition coefficient (Wildman–Crippen LogP) is 1.67. The first kappa shape index (κ1) is 19.5. The molecule has 0 aliphatic heterocycles. The smallest absolute Gasteiger partial charge is 0.249 e. The molecule has 2 nitrogen and oxygen atoms in total. The zero-order chi connectivity index (χ0) is 17.4. The summed E-state index contributed by atoms with van der Waals surface area (Å²) < 4.78 is 4.51. The highest BCUT2D eigenvalue weighted by atomic mass is 79.9. The van der Waals surface area contributed by atoms with E-state index in [2.05, 4.69) is 93.7 Å². The van der Waals surface area contributed by atoms with Gasteiger partial charge in [-0.05, 0) is 69.4 Å². The van der Waals surface area contributed by atoms with E-state index in [9.17, 15) is 0 Å². The van der Waals surface area contributed by atoms with Crippen LogP contribution in [0.5, 0.6) is 0 Å². The lowest BCUT2D eigenvalue weighted by Crippen LogP contribution is -3.00. The second-order valence-electron chi connectivity index (χ2n) is 7.12. The molecular weight excluding hydrogens is 372 g/mol. The van der Waals surface area contributed by atoms with Gasteiger partial charge in [-0.1, -0.05) is 35.4 Å². The van der Waals surface area contributed by atoms with Gasteiger partial charge in [-0.3, -0.25) is 0 Å². The van der Waals surface area contributed by atoms with Crippen LogP contribution in [-0.4, -0.2) is 4.57 Å². The topological polar surface area (TPSA) is 8.81 Å². The maximum Gasteiger partial charge on any atom is 0.249 e. The standard InChI is InChI=1S/C22H27N2.BrH/c1-15-9-17(3)21(18(4)10-15)13-23-7-8-24(14-23)22-19(5)11-16(2)12-20(22)6;/h7-12,14H,13H2,1-6H3;1H/q+1;/p-1. The van der Waals surface area contributed by atoms with Crippen LogP contribution in [0.3, 0.4) is 0 Å². The van der Waals surface area contributed by atoms with Gasteiger partial charge in [-0.2, -0.15) is 0 Å². The van der Waals surface area contributed by atoms with Crippen molar-refractivity contribution >= 4 is 0 Å². The molecule has 0 amide bonds. The van der Waals surface area contributed by atoms with E-state index < -0.39 is 0 Å². The molecule has 132 valence electrons. The summed E-state index contributed by atoms with van der Waals surface area (Å²) in [4.78, 5) is 0. The van der Waals surface area contributed by atoms with Crippen molar-refractivity contribution in [1.29, 1.82) is 0 Å². The second kappa shape index (κ2) is 7.57. The molecule has 0 fully saturated rings. The van der Waals surface area contributed by atoms with Gasteiger partial charge in [-0.25, -0.2) is 9.13 Å². The fraction of sp³-hybridized carbons (Fsp3) is 0.318. The van der Waals surface area contributed by atoms with Crippen LogP contribution in [0.15, 0.2) is 43.0 Å². The lowest BCUT2D eigenvalue weighted by molar-refractivity contribution is -0.687. The van der Waals surface area contributed by atoms with Crippen LogP contribution in [-0.2, 0) is 6.54 Å². The average molecular weight is 399 g/mol. The Kier molecular flexibility index (Phi) is 5.89. The van der Waals surface area contributed by atoms with Crippen LogP contribution in [0, 0.1) is 41.5 Å². The Balaban J connectivity index is 0.00000225. The number of halogens is 1. The molecule has 0 bridgehead atoms. The number of hydrogen-bond acceptors (Lipinski definition) is 0. The Labute approximate surface area is 161 Å². The van der Waals surface area contributed by atoms with Crippen LogP contribution in [0.1, 0.15) is 38.9 Å². The third kappa shape index (κ3) is 4.04. The molecule has 0 spiro atoms. The van der Waals surface area contributed by atoms with E-state index in [0.717, 1.165) is 6.54 Å². The van der Waals surface area contributed by atoms with Gasteiger partial charge >= 0.3 is 0 Å². The van der Waals surface area contributed by atoms with Crippen molar-refractivity contribution in [2.45, 2.75) is 48.1 Å². The van der Waals surface area contributed by atoms with Crippen LogP contribution < -0.4 is 21.5 Å². The summed E-state index contributed by atoms with van der Waals surface area (Å²) in [5.41, 5.74) is 10.7. The van der Waals surface area contributed by atoms with Crippen molar-refractivity contribution in [3.05, 3.63) is 81.9 Å². The maximum absolute atomic E-state index is 2.27. The first-order valence-electron chi connectivity index (χ1n) is 8.57. The highest BCUT2D eigenvalue weighted by molar-refractivity contribution is 5.48. The summed E-state index contributed by atoms with van der Waals surface area (Å²) in [6.45, 7) is 14.0. The van der Waals surface area contributed by atoms with Crippen molar-refractivity contribution in [1.82, 2.24) is 4.57 Å². The molecule has 1 aromatic heterocycles. The van der Waals surface area contributed by atoms with E-state index in [4.69, 9.17) is 0 Å². The minimum atomic E-state index is 0. The molecule has 3 heteroatoms. The lowest BCUT2D eigenvalue weighted by atomic mass is 10.00. The number of aromatic nitrogens is 2. The molecule has 2 aromatic carbocycles. The summed E-state index contributed by atoms with van der Waals surface area (Å²) in [6, 6.07) is 9.05. The molecule has 0 unspecified atom stereocenters. The number of aryl methyl sites for hydroxylation is 6. The van der Waals surface area contributed by atoms with Crippen molar-refractivity contribution in [2.75, 3.05) is 0 Å². The summed E-state index contributed by atoms with van der Waals surface area (Å²) in [6.07, 6.45) is 6.52. The maximum atomic E-state index is 2.27. The lowest BCUT2D eigenvalue weighted by Gasteiger charge is -2.09. The van der Waals surface area contributed by atoms with Crippen LogP contribution in [0.2, 0.25) is 0 Å². The van der Waals surface area contributed by atoms with Crippen molar-refractivity contribution < 1.29 is 21.5 Å². The van der Waals surface area contributed by atoms with E-state index in [0.29, 0.717) is 0 Å². The van der Waals surface area contributed by atoms with Gasteiger partial charge in [0.2, 0.25) is 6.33 Å². The summed E-state index contributed by atoms with van der Waals surface area (Å²) >= 11 is 0. The molecule has 0 aliphatic rings. The van der Waals surface area contributed by atoms with Crippen LogP contribution >= 0.6 is 0 Å². The summed E-state index contributed by atoms with van der Waals surface area (Å²) in [5, 5.41) is 0. The Morgan fingerprint density at radius 3 is 1.76 bits per heavy atom. The van der Waals surface area contributed by atoms with Crippen LogP contribution in [0.25, 0.3) is 5.69 Å². The normalized spacial score (nSPS) is 10.6. The number of nitrogens with zero attached hydrogens (tertiary/aromatic N) is 2. The Bertz CT molecular complexity index is 860. The van der Waals surface area contributed by atoms with E-state index >= 15 is 0 Å². The van der Waals surface area contributed by atoms with Gasteiger partial charge in [0.05, 0.1) is 0 Å². The van der Waals surface area contributed by atoms with E-state index in [1.807, 2.05) is 0 Å². The molecule has 25 heavy (non-hydrogen) atoms. The first-order valence-corrected chi connectivity index (χ1v) is 8.57. The number of benzene rings is 2. The van der Waals surface area contributed by atoms with E-state index in [1.54, 1.807) is 0 Å². The average Bonchev–Trinajstić information content (AvgIpc) is 2.90. The number of hydrogen-bond donors (Lipinski definition) is 0. The van der Waals surface area contributed by atoms with Gasteiger partial charge in [0, 0.05) is 0 Å². The van der Waals surface area contributed by atoms with Gasteiger partial charge in [0.1, 0.15) is 24.6 Å². The minimum Gasteiger partial charge on any atom is -1.00 e. The van der Waals surface area contributed by atoms with Gasteiger partial charge in [-0.15, -0.1) is 0 Å². The molecule has 3 aromatic rings. The van der Waals surface area contributed by atoms with Crippen molar-refractivity contribution in [3.63, 3.8) is 0 Å². The second-order valence-corrected chi connectivity index (χ2v) is 7.12. The molecule has 0 atom stereocenters. The monoisotopic (exact) mass is 398 g/mol. The third-order valence-electron chi connectivity index (χ3n) is 4.77. The zero-order valence-corrected chi connectivity index (χ0v) is 17.6. The number of imidazole rings is 1. The number of rotatable bonds is 3. The van der Waals surface area contributed by atoms with Gasteiger partial charge < -0.3 is 17.0 Å². The minimum absolute atomic E-state index is 0. The Hall–Kier alpha value is -1.87. The SMILES string of the molecule is Cc1cc(C)c(C[n+]2ccn(-c3c(C)cc(C)cc3C)c2)c(C)c1.[Br-]. The molecule has 0 aliphatic carbocycles. The Morgan fingerprint density at radius 2 is 1.24 bits per heavy atom. The largest absolute Gasteiger partial charge is 1.00 e. The summed E-state index contributed by atoms with van der Waals surface area (Å²) in [5.74, 6) is 0. The van der Waals surface area contributed by atoms with Crippen LogP contribution in [0.4, 0.5) is 0 Å². The molecule has 1 heterocycles. The van der Waals surface area contributed by atoms with E-state index in [1.165, 1.54) is 44.6 Å². The molecule has 3 rings (SSSR count). The predicted molar refractivity (Wildman–Crippen MR) is 99.9 cm³/mol. The zero-order valence-electron chi connectivity index (χ0n) is 16.0. The molecular formula is C22H27BrN2. The molecule has 0 saturated carbocycles. The summed E-state index contributed by atoms with van der Waals surface area (Å²) in [7, 11) is 0. The van der Waals surface area contributed by atoms with Gasteiger partial charge in [0.25, 0.3) is 0 Å². The quantitative estimate of drug-likeness (QED) is 0.593.